The number of hydrogen-bond donors (Lipinski definition) is 1. The molecule has 2 aromatic rings. The van der Waals surface area contributed by atoms with Gasteiger partial charge in [0.05, 0.1) is 7.11 Å². The molecule has 0 aromatic heterocycles. The van der Waals surface area contributed by atoms with Gasteiger partial charge in [-0.05, 0) is 36.4 Å². The van der Waals surface area contributed by atoms with Crippen LogP contribution >= 0.6 is 7.81 Å². The molecule has 0 aliphatic rings. The van der Waals surface area contributed by atoms with E-state index in [0.29, 0.717) is 5.75 Å². The van der Waals surface area contributed by atoms with Crippen LogP contribution in [0.25, 0.3) is 0 Å². The fraction of sp³-hybridized carbons (Fsp3) is 0.200. The second kappa shape index (κ2) is 6.96. The van der Waals surface area contributed by atoms with Crippen LogP contribution in [0.2, 0.25) is 0 Å². The Morgan fingerprint density at radius 3 is 1.72 bits per heavy atom. The first-order chi connectivity index (χ1) is 11.1. The molecule has 2 rings (SSSR count). The summed E-state index contributed by atoms with van der Waals surface area (Å²) < 4.78 is 64.3. The molecule has 142 valence electrons. The van der Waals surface area contributed by atoms with Gasteiger partial charge in [0.25, 0.3) is 0 Å². The molecule has 0 saturated carbocycles. The fourth-order valence-corrected chi connectivity index (χ4v) is 3.19. The molecule has 0 bridgehead atoms. The second-order valence-electron chi connectivity index (χ2n) is 5.08. The Hall–Kier alpha value is -1.60. The molecule has 0 fully saturated rings. The summed E-state index contributed by atoms with van der Waals surface area (Å²) in [7, 11) is -8.83. The van der Waals surface area contributed by atoms with Crippen molar-refractivity contribution < 1.29 is 35.0 Å². The quantitative estimate of drug-likeness (QED) is 0.353. The van der Waals surface area contributed by atoms with Crippen molar-refractivity contribution in [1.29, 1.82) is 0 Å². The Morgan fingerprint density at radius 1 is 0.880 bits per heavy atom. The third kappa shape index (κ3) is 11.6. The van der Waals surface area contributed by atoms with Gasteiger partial charge in [-0.25, -0.2) is 0 Å². The minimum absolute atomic E-state index is 0.147. The van der Waals surface area contributed by atoms with E-state index >= 15 is 0 Å². The van der Waals surface area contributed by atoms with E-state index in [1.807, 2.05) is 24.3 Å². The van der Waals surface area contributed by atoms with Crippen LogP contribution in [0.1, 0.15) is 5.56 Å². The number of rotatable bonds is 4. The predicted molar refractivity (Wildman–Crippen MR) is 89.9 cm³/mol. The van der Waals surface area contributed by atoms with Crippen LogP contribution < -0.4 is 4.74 Å². The first kappa shape index (κ1) is 21.4. The van der Waals surface area contributed by atoms with Gasteiger partial charge in [-0.15, -0.1) is 0 Å². The number of aromatic hydroxyl groups is 1. The monoisotopic (exact) mass is 406 g/mol. The van der Waals surface area contributed by atoms with Gasteiger partial charge in [-0.2, -0.15) is 0 Å². The van der Waals surface area contributed by atoms with Crippen LogP contribution in [-0.2, 0) is 16.6 Å². The summed E-state index contributed by atoms with van der Waals surface area (Å²) in [6.45, 7) is 0. The summed E-state index contributed by atoms with van der Waals surface area (Å²) in [5.41, 5.74) is 1.30. The molecule has 0 spiro atoms. The molecule has 2 nitrogen and oxygen atoms in total. The summed E-state index contributed by atoms with van der Waals surface area (Å²) in [5, 5.41) is 9.28. The molecule has 25 heavy (non-hydrogen) atoms. The molecule has 0 amide bonds. The maximum atomic E-state index is 9.87. The van der Waals surface area contributed by atoms with Gasteiger partial charge < -0.3 is 9.84 Å². The number of hydrogen-bond acceptors (Lipinski definition) is 2. The Balaban J connectivity index is 0.000000381. The fourth-order valence-electron chi connectivity index (χ4n) is 1.73. The average molecular weight is 406 g/mol. The van der Waals surface area contributed by atoms with E-state index in [1.165, 1.54) is 10.5 Å². The first-order valence-corrected chi connectivity index (χ1v) is 10.6. The van der Waals surface area contributed by atoms with E-state index in [4.69, 9.17) is 4.74 Å². The number of benzene rings is 2. The molecular formula is C15H17F6O2PS. The number of phenols is 1. The molecule has 2 aromatic carbocycles. The Labute approximate surface area is 144 Å². The van der Waals surface area contributed by atoms with Crippen LogP contribution in [0.4, 0.5) is 25.2 Å². The van der Waals surface area contributed by atoms with Gasteiger partial charge in [-0.3, -0.25) is 0 Å². The average Bonchev–Trinajstić information content (AvgIpc) is 2.45. The van der Waals surface area contributed by atoms with Crippen molar-refractivity contribution in [3.8, 4) is 11.5 Å². The molecule has 0 saturated heterocycles. The van der Waals surface area contributed by atoms with Crippen LogP contribution in [0.3, 0.4) is 0 Å². The summed E-state index contributed by atoms with van der Waals surface area (Å²) in [4.78, 5) is 1.27. The maximum absolute atomic E-state index is 10.7. The van der Waals surface area contributed by atoms with Crippen LogP contribution in [0.5, 0.6) is 11.5 Å². The van der Waals surface area contributed by atoms with Crippen molar-refractivity contribution in [2.75, 3.05) is 13.4 Å². The van der Waals surface area contributed by atoms with E-state index in [9.17, 15) is 30.3 Å². The van der Waals surface area contributed by atoms with Crippen LogP contribution in [0, 0.1) is 0 Å². The predicted octanol–water partition coefficient (Wildman–Crippen LogP) is 6.59. The van der Waals surface area contributed by atoms with Crippen molar-refractivity contribution in [2.45, 2.75) is 10.6 Å². The molecule has 0 aliphatic heterocycles. The zero-order chi connectivity index (χ0) is 19.4. The standard InChI is InChI=1S/C15H16O2S.F6P/c1-17-14-7-3-12(4-8-14)11-18(2)15-9-5-13(16)6-10-15;1-7(2,3,4,5)6/h3-10H,11H2,1-2H3;/q;-1/p+1. The van der Waals surface area contributed by atoms with Crippen molar-refractivity contribution in [3.05, 3.63) is 54.1 Å². The molecular weight excluding hydrogens is 389 g/mol. The normalized spacial score (nSPS) is 15.2. The van der Waals surface area contributed by atoms with Gasteiger partial charge >= 0.3 is 33.0 Å². The van der Waals surface area contributed by atoms with Crippen LogP contribution in [-0.4, -0.2) is 18.5 Å². The van der Waals surface area contributed by atoms with Crippen LogP contribution in [0.15, 0.2) is 53.4 Å². The number of methoxy groups -OCH3 is 1. The van der Waals surface area contributed by atoms with Crippen molar-refractivity contribution >= 4 is 18.7 Å². The molecule has 10 heteroatoms. The number of phenolic OH excluding ortho intramolecular Hbond substituents is 1. The summed E-state index contributed by atoms with van der Waals surface area (Å²) in [6, 6.07) is 15.6. The number of ether oxygens (including phenoxy) is 1. The minimum atomic E-state index is -10.7. The second-order valence-corrected chi connectivity index (χ2v) is 9.03. The van der Waals surface area contributed by atoms with Gasteiger partial charge in [0, 0.05) is 16.5 Å². The summed E-state index contributed by atoms with van der Waals surface area (Å²) in [6.07, 6.45) is 2.22. The van der Waals surface area contributed by atoms with Gasteiger partial charge in [-0.1, -0.05) is 12.1 Å². The zero-order valence-electron chi connectivity index (χ0n) is 13.3. The number of halogens is 6. The van der Waals surface area contributed by atoms with Crippen molar-refractivity contribution in [2.24, 2.45) is 0 Å². The van der Waals surface area contributed by atoms with Crippen molar-refractivity contribution in [1.82, 2.24) is 0 Å². The van der Waals surface area contributed by atoms with E-state index in [1.54, 1.807) is 19.2 Å². The van der Waals surface area contributed by atoms with Gasteiger partial charge in [0.15, 0.2) is 4.90 Å². The van der Waals surface area contributed by atoms with Gasteiger partial charge in [0.1, 0.15) is 23.5 Å². The Kier molecular flexibility index (Phi) is 5.97. The zero-order valence-corrected chi connectivity index (χ0v) is 15.0. The third-order valence-electron chi connectivity index (χ3n) is 2.78. The summed E-state index contributed by atoms with van der Waals surface area (Å²) >= 11 is 0. The SMILES string of the molecule is COc1ccc(C[S+](C)c2ccc(O)cc2)cc1.F[P-](F)(F)(F)(F)F. The van der Waals surface area contributed by atoms with Gasteiger partial charge in [0.2, 0.25) is 0 Å². The molecule has 1 N–H and O–H groups in total. The molecule has 0 radical (unpaired) electrons. The van der Waals surface area contributed by atoms with E-state index in [2.05, 4.69) is 18.4 Å². The molecule has 0 heterocycles. The van der Waals surface area contributed by atoms with E-state index < -0.39 is 7.81 Å². The first-order valence-electron chi connectivity index (χ1n) is 6.75. The molecule has 0 aliphatic carbocycles. The van der Waals surface area contributed by atoms with Crippen molar-refractivity contribution in [3.63, 3.8) is 0 Å². The topological polar surface area (TPSA) is 29.5 Å². The Bertz CT molecular complexity index is 675. The van der Waals surface area contributed by atoms with E-state index in [0.717, 1.165) is 11.5 Å². The van der Waals surface area contributed by atoms with E-state index in [-0.39, 0.29) is 10.9 Å². The summed E-state index contributed by atoms with van der Waals surface area (Å²) in [5.74, 6) is 2.22. The molecule has 1 atom stereocenters. The third-order valence-corrected chi connectivity index (χ3v) is 4.62. The Morgan fingerprint density at radius 2 is 1.32 bits per heavy atom. The molecule has 1 unspecified atom stereocenters.